The first-order chi connectivity index (χ1) is 19.6. The third kappa shape index (κ3) is 5.48. The van der Waals surface area contributed by atoms with Crippen molar-refractivity contribution in [3.8, 4) is 17.1 Å². The van der Waals surface area contributed by atoms with Crippen LogP contribution in [0.1, 0.15) is 6.42 Å². The molecule has 0 amide bonds. The Morgan fingerprint density at radius 1 is 1.24 bits per heavy atom. The lowest BCUT2D eigenvalue weighted by Gasteiger charge is -2.26. The van der Waals surface area contributed by atoms with Gasteiger partial charge in [-0.15, -0.1) is 0 Å². The number of anilines is 2. The number of halogens is 4. The van der Waals surface area contributed by atoms with Crippen LogP contribution in [0.2, 0.25) is 5.02 Å². The number of hydrogen-bond acceptors (Lipinski definition) is 10. The summed E-state index contributed by atoms with van der Waals surface area (Å²) in [6, 6.07) is 6.76. The number of likely N-dealkylation sites (tertiary alicyclic amines) is 1. The van der Waals surface area contributed by atoms with Crippen molar-refractivity contribution in [2.24, 2.45) is 0 Å². The van der Waals surface area contributed by atoms with Crippen LogP contribution in [0.25, 0.3) is 32.2 Å². The smallest absolute Gasteiger partial charge is 0.319 e. The Morgan fingerprint density at radius 3 is 2.85 bits per heavy atom. The summed E-state index contributed by atoms with van der Waals surface area (Å²) < 4.78 is 58.1. The van der Waals surface area contributed by atoms with Crippen LogP contribution in [-0.2, 0) is 4.74 Å². The molecule has 4 aromatic rings. The number of thiazole rings is 1. The van der Waals surface area contributed by atoms with E-state index in [9.17, 15) is 8.78 Å². The standard InChI is InChI=1S/C27H29ClF3N7O2S/c1-37-10-15(39-2)8-14(37)11-40-26-35-23-17(24(36-26)38-7-6-33-12-27(30,31)13-38)9-18(28)20(21(23)29)16-4-3-5-19-22(16)34-25(32)41-19/h3-5,9,14-15,33H,6-8,10-13H2,1-2H3,(H2,32,34)/t14-,15+/m0/s1. The number of fused-ring (bicyclic) bond motifs is 2. The van der Waals surface area contributed by atoms with Crippen LogP contribution in [0.3, 0.4) is 0 Å². The van der Waals surface area contributed by atoms with Gasteiger partial charge >= 0.3 is 6.01 Å². The molecule has 2 saturated heterocycles. The lowest BCUT2D eigenvalue weighted by molar-refractivity contribution is 0.0156. The van der Waals surface area contributed by atoms with Crippen molar-refractivity contribution in [2.75, 3.05) is 64.1 Å². The molecule has 0 radical (unpaired) electrons. The fraction of sp³-hybridized carbons (Fsp3) is 0.444. The zero-order valence-electron chi connectivity index (χ0n) is 22.5. The molecule has 2 atom stereocenters. The molecule has 2 aromatic heterocycles. The van der Waals surface area contributed by atoms with E-state index in [4.69, 9.17) is 26.8 Å². The Bertz CT molecular complexity index is 1610. The highest BCUT2D eigenvalue weighted by Crippen LogP contribution is 2.42. The molecule has 6 rings (SSSR count). The minimum Gasteiger partial charge on any atom is -0.462 e. The fourth-order valence-electron chi connectivity index (χ4n) is 5.53. The molecule has 218 valence electrons. The van der Waals surface area contributed by atoms with E-state index < -0.39 is 24.8 Å². The van der Waals surface area contributed by atoms with Gasteiger partial charge in [0.2, 0.25) is 0 Å². The SMILES string of the molecule is CO[C@@H]1C[C@@H](COc2nc(N3CCNCC(F)(F)C3)c3cc(Cl)c(-c4cccc5sc(N)nc45)c(F)c3n2)N(C)C1. The minimum atomic E-state index is -3.03. The molecule has 2 fully saturated rings. The summed E-state index contributed by atoms with van der Waals surface area (Å²) in [5, 5.41) is 3.38. The number of para-hydroxylation sites is 1. The first-order valence-electron chi connectivity index (χ1n) is 13.2. The van der Waals surface area contributed by atoms with Crippen molar-refractivity contribution in [2.45, 2.75) is 24.5 Å². The number of alkyl halides is 2. The van der Waals surface area contributed by atoms with Gasteiger partial charge in [-0.3, -0.25) is 4.90 Å². The third-order valence-corrected chi connectivity index (χ3v) is 8.75. The van der Waals surface area contributed by atoms with Crippen LogP contribution in [0.4, 0.5) is 24.1 Å². The van der Waals surface area contributed by atoms with Crippen molar-refractivity contribution in [1.29, 1.82) is 0 Å². The molecule has 2 aromatic carbocycles. The average Bonchev–Trinajstić information content (AvgIpc) is 3.44. The predicted molar refractivity (Wildman–Crippen MR) is 155 cm³/mol. The highest BCUT2D eigenvalue weighted by atomic mass is 35.5. The number of hydrogen-bond donors (Lipinski definition) is 2. The maximum absolute atomic E-state index is 16.5. The van der Waals surface area contributed by atoms with Gasteiger partial charge in [-0.1, -0.05) is 35.1 Å². The molecule has 9 nitrogen and oxygen atoms in total. The van der Waals surface area contributed by atoms with E-state index in [1.54, 1.807) is 19.2 Å². The lowest BCUT2D eigenvalue weighted by atomic mass is 10.0. The minimum absolute atomic E-state index is 0.0211. The second kappa shape index (κ2) is 11.0. The maximum Gasteiger partial charge on any atom is 0.319 e. The van der Waals surface area contributed by atoms with Crippen molar-refractivity contribution in [3.63, 3.8) is 0 Å². The van der Waals surface area contributed by atoms with Crippen LogP contribution < -0.4 is 20.7 Å². The summed E-state index contributed by atoms with van der Waals surface area (Å²) in [4.78, 5) is 16.9. The Labute approximate surface area is 243 Å². The summed E-state index contributed by atoms with van der Waals surface area (Å²) >= 11 is 7.98. The van der Waals surface area contributed by atoms with Gasteiger partial charge in [-0.25, -0.2) is 18.2 Å². The van der Waals surface area contributed by atoms with Crippen molar-refractivity contribution >= 4 is 55.0 Å². The number of ether oxygens (including phenoxy) is 2. The van der Waals surface area contributed by atoms with Gasteiger partial charge in [0, 0.05) is 49.3 Å². The van der Waals surface area contributed by atoms with Crippen LogP contribution >= 0.6 is 22.9 Å². The fourth-order valence-corrected chi connectivity index (χ4v) is 6.58. The second-order valence-corrected chi connectivity index (χ2v) is 11.9. The van der Waals surface area contributed by atoms with Crippen LogP contribution in [0.5, 0.6) is 6.01 Å². The number of benzene rings is 2. The zero-order valence-corrected chi connectivity index (χ0v) is 24.0. The summed E-state index contributed by atoms with van der Waals surface area (Å²) in [5.41, 5.74) is 6.90. The van der Waals surface area contributed by atoms with Gasteiger partial charge in [0.05, 0.1) is 34.4 Å². The number of methoxy groups -OCH3 is 1. The molecule has 14 heteroatoms. The molecule has 3 N–H and O–H groups in total. The Balaban J connectivity index is 1.48. The Kier molecular flexibility index (Phi) is 7.57. The molecule has 4 heterocycles. The number of aromatic nitrogens is 3. The second-order valence-electron chi connectivity index (χ2n) is 10.4. The van der Waals surface area contributed by atoms with E-state index in [2.05, 4.69) is 25.2 Å². The molecule has 2 aliphatic heterocycles. The lowest BCUT2D eigenvalue weighted by Crippen LogP contribution is -2.39. The van der Waals surface area contributed by atoms with Gasteiger partial charge in [0.15, 0.2) is 10.9 Å². The summed E-state index contributed by atoms with van der Waals surface area (Å²) in [6.07, 6.45) is 0.810. The van der Waals surface area contributed by atoms with E-state index in [-0.39, 0.29) is 58.6 Å². The number of likely N-dealkylation sites (N-methyl/N-ethyl adjacent to an activating group) is 1. The molecule has 2 aliphatic rings. The monoisotopic (exact) mass is 607 g/mol. The van der Waals surface area contributed by atoms with Gasteiger partial charge in [0.25, 0.3) is 5.92 Å². The van der Waals surface area contributed by atoms with Gasteiger partial charge in [-0.05, 0) is 25.6 Å². The van der Waals surface area contributed by atoms with Gasteiger partial charge < -0.3 is 25.4 Å². The largest absolute Gasteiger partial charge is 0.462 e. The summed E-state index contributed by atoms with van der Waals surface area (Å²) in [7, 11) is 3.63. The molecule has 41 heavy (non-hydrogen) atoms. The van der Waals surface area contributed by atoms with Crippen LogP contribution in [0.15, 0.2) is 24.3 Å². The molecular formula is C27H29ClF3N7O2S. The molecular weight excluding hydrogens is 579 g/mol. The van der Waals surface area contributed by atoms with Gasteiger partial charge in [0.1, 0.15) is 17.9 Å². The highest BCUT2D eigenvalue weighted by Gasteiger charge is 2.36. The van der Waals surface area contributed by atoms with Gasteiger partial charge in [-0.2, -0.15) is 9.97 Å². The third-order valence-electron chi connectivity index (χ3n) is 7.60. The topological polar surface area (TPSA) is 102 Å². The normalized spacial score (nSPS) is 21.6. The number of nitrogens with two attached hydrogens (primary N) is 1. The molecule has 0 unspecified atom stereocenters. The van der Waals surface area contributed by atoms with Crippen molar-refractivity contribution < 1.29 is 22.6 Å². The number of nitrogens with one attached hydrogen (secondary N) is 1. The summed E-state index contributed by atoms with van der Waals surface area (Å²) in [6.45, 7) is 0.409. The first kappa shape index (κ1) is 28.2. The Hall–Kier alpha value is -2.97. The highest BCUT2D eigenvalue weighted by molar-refractivity contribution is 7.22. The number of nitrogen functional groups attached to an aromatic ring is 1. The van der Waals surface area contributed by atoms with E-state index >= 15 is 4.39 Å². The molecule has 0 saturated carbocycles. The number of nitrogens with zero attached hydrogens (tertiary/aromatic N) is 5. The average molecular weight is 608 g/mol. The predicted octanol–water partition coefficient (Wildman–Crippen LogP) is 4.42. The van der Waals surface area contributed by atoms with E-state index in [0.717, 1.165) is 17.7 Å². The molecule has 0 aliphatic carbocycles. The van der Waals surface area contributed by atoms with E-state index in [0.29, 0.717) is 22.8 Å². The van der Waals surface area contributed by atoms with Crippen molar-refractivity contribution in [3.05, 3.63) is 35.1 Å². The van der Waals surface area contributed by atoms with Crippen molar-refractivity contribution in [1.82, 2.24) is 25.2 Å². The molecule has 0 bridgehead atoms. The van der Waals surface area contributed by atoms with Crippen LogP contribution in [0, 0.1) is 5.82 Å². The molecule has 0 spiro atoms. The Morgan fingerprint density at radius 2 is 2.07 bits per heavy atom. The van der Waals surface area contributed by atoms with Crippen LogP contribution in [-0.4, -0.2) is 91.4 Å². The quantitative estimate of drug-likeness (QED) is 0.330. The van der Waals surface area contributed by atoms with E-state index in [1.807, 2.05) is 13.1 Å². The zero-order chi connectivity index (χ0) is 28.9. The first-order valence-corrected chi connectivity index (χ1v) is 14.4. The summed E-state index contributed by atoms with van der Waals surface area (Å²) in [5.74, 6) is -3.62. The number of rotatable bonds is 6. The van der Waals surface area contributed by atoms with E-state index in [1.165, 1.54) is 22.3 Å². The maximum atomic E-state index is 16.5.